The molecule has 0 saturated carbocycles. The van der Waals surface area contributed by atoms with Crippen LogP contribution in [0, 0.1) is 0 Å². The quantitative estimate of drug-likeness (QED) is 0.512. The van der Waals surface area contributed by atoms with E-state index < -0.39 is 8.32 Å². The van der Waals surface area contributed by atoms with Crippen LogP contribution in [0.5, 0.6) is 0 Å². The van der Waals surface area contributed by atoms with Crippen molar-refractivity contribution in [3.63, 3.8) is 0 Å². The molecule has 1 rings (SSSR count). The van der Waals surface area contributed by atoms with Gasteiger partial charge in [0.15, 0.2) is 5.91 Å². The summed E-state index contributed by atoms with van der Waals surface area (Å²) >= 11 is 0. The molecule has 0 aromatic rings. The number of ether oxygens (including phenoxy) is 2. The summed E-state index contributed by atoms with van der Waals surface area (Å²) in [5, 5.41) is 0. The highest BCUT2D eigenvalue weighted by Gasteiger charge is 2.43. The van der Waals surface area contributed by atoms with Crippen LogP contribution in [0.25, 0.3) is 0 Å². The summed E-state index contributed by atoms with van der Waals surface area (Å²) in [4.78, 5) is 0. The Balaban J connectivity index is 2.70. The van der Waals surface area contributed by atoms with Crippen molar-refractivity contribution in [2.24, 2.45) is 0 Å². The van der Waals surface area contributed by atoms with Gasteiger partial charge < -0.3 is 13.9 Å². The van der Waals surface area contributed by atoms with E-state index in [1.54, 1.807) is 14.2 Å². The second-order valence-corrected chi connectivity index (χ2v) is 6.85. The molecule has 0 spiro atoms. The Kier molecular flexibility index (Phi) is 4.12. The molecule has 0 radical (unpaired) electrons. The van der Waals surface area contributed by atoms with Gasteiger partial charge >= 0.3 is 0 Å². The Morgan fingerprint density at radius 1 is 1.38 bits per heavy atom. The highest BCUT2D eigenvalue weighted by molar-refractivity contribution is 6.79. The van der Waals surface area contributed by atoms with Gasteiger partial charge in [0.2, 0.25) is 0 Å². The molecule has 76 valence electrons. The van der Waals surface area contributed by atoms with E-state index in [-0.39, 0.29) is 5.91 Å². The normalized spacial score (nSPS) is 29.2. The fourth-order valence-corrected chi connectivity index (χ4v) is 4.93. The van der Waals surface area contributed by atoms with Crippen LogP contribution in [-0.4, -0.2) is 35.1 Å². The number of rotatable bonds is 4. The maximum absolute atomic E-state index is 5.83. The van der Waals surface area contributed by atoms with Crippen LogP contribution < -0.4 is 0 Å². The maximum atomic E-state index is 5.83. The lowest BCUT2D eigenvalue weighted by atomic mass is 10.4. The third-order valence-corrected chi connectivity index (χ3v) is 6.34. The van der Waals surface area contributed by atoms with E-state index in [9.17, 15) is 0 Å². The molecule has 0 aromatic heterocycles. The Morgan fingerprint density at radius 3 is 2.46 bits per heavy atom. The van der Waals surface area contributed by atoms with Gasteiger partial charge in [0, 0.05) is 20.8 Å². The molecule has 13 heavy (non-hydrogen) atoms. The van der Waals surface area contributed by atoms with E-state index in [1.807, 2.05) is 5.70 Å². The highest BCUT2D eigenvalue weighted by atomic mass is 28.4. The molecule has 1 aliphatic heterocycles. The van der Waals surface area contributed by atoms with Crippen LogP contribution in [0.4, 0.5) is 0 Å². The molecule has 0 aromatic carbocycles. The van der Waals surface area contributed by atoms with Crippen molar-refractivity contribution in [2.45, 2.75) is 24.8 Å². The average molecular weight is 202 g/mol. The molecular formula is C9H18O3Si. The molecule has 0 aliphatic carbocycles. The van der Waals surface area contributed by atoms with Crippen LogP contribution in [0.1, 0.15) is 12.8 Å². The first-order chi connectivity index (χ1) is 6.29. The fourth-order valence-electron chi connectivity index (χ4n) is 1.78. The molecule has 3 nitrogen and oxygen atoms in total. The monoisotopic (exact) mass is 202 g/mol. The molecule has 0 bridgehead atoms. The van der Waals surface area contributed by atoms with Crippen molar-refractivity contribution in [3.8, 4) is 0 Å². The summed E-state index contributed by atoms with van der Waals surface area (Å²) in [5.41, 5.74) is 1.93. The molecule has 1 aliphatic rings. The van der Waals surface area contributed by atoms with Crippen molar-refractivity contribution in [2.75, 3.05) is 20.8 Å². The number of methoxy groups -OCH3 is 2. The summed E-state index contributed by atoms with van der Waals surface area (Å²) in [6, 6.07) is 1.06. The Labute approximate surface area is 80.8 Å². The topological polar surface area (TPSA) is 27.7 Å². The van der Waals surface area contributed by atoms with Crippen LogP contribution >= 0.6 is 0 Å². The van der Waals surface area contributed by atoms with Crippen LogP contribution in [0.15, 0.2) is 12.3 Å². The summed E-state index contributed by atoms with van der Waals surface area (Å²) in [7, 11) is 1.35. The lowest BCUT2D eigenvalue weighted by molar-refractivity contribution is -0.0634. The highest BCUT2D eigenvalue weighted by Crippen LogP contribution is 2.27. The van der Waals surface area contributed by atoms with Gasteiger partial charge in [-0.25, -0.2) is 0 Å². The predicted molar refractivity (Wildman–Crippen MR) is 53.8 cm³/mol. The van der Waals surface area contributed by atoms with E-state index >= 15 is 0 Å². The van der Waals surface area contributed by atoms with Gasteiger partial charge in [0.25, 0.3) is 8.32 Å². The number of hydrogen-bond acceptors (Lipinski definition) is 3. The molecule has 1 fully saturated rings. The Hall–Kier alpha value is -0.163. The van der Waals surface area contributed by atoms with Gasteiger partial charge in [-0.2, -0.15) is 0 Å². The first-order valence-electron chi connectivity index (χ1n) is 4.62. The van der Waals surface area contributed by atoms with Gasteiger partial charge in [-0.15, -0.1) is 6.58 Å². The molecule has 1 atom stereocenters. The van der Waals surface area contributed by atoms with Gasteiger partial charge in [-0.05, 0) is 12.5 Å². The third kappa shape index (κ3) is 2.20. The summed E-state index contributed by atoms with van der Waals surface area (Å²) in [6.07, 6.45) is 2.34. The van der Waals surface area contributed by atoms with E-state index in [0.29, 0.717) is 0 Å². The van der Waals surface area contributed by atoms with E-state index in [0.717, 1.165) is 19.1 Å². The van der Waals surface area contributed by atoms with Crippen LogP contribution in [-0.2, 0) is 13.9 Å². The van der Waals surface area contributed by atoms with Crippen molar-refractivity contribution in [3.05, 3.63) is 12.3 Å². The minimum absolute atomic E-state index is 0.203. The molecule has 1 heterocycles. The fraction of sp³-hybridized carbons (Fsp3) is 0.778. The lowest BCUT2D eigenvalue weighted by Crippen LogP contribution is -2.53. The zero-order chi connectivity index (χ0) is 9.73. The average Bonchev–Trinajstić information content (AvgIpc) is 2.21. The third-order valence-electron chi connectivity index (χ3n) is 2.51. The van der Waals surface area contributed by atoms with Crippen molar-refractivity contribution in [1.29, 1.82) is 0 Å². The largest absolute Gasteiger partial charge is 0.408 e. The zero-order valence-electron chi connectivity index (χ0n) is 8.41. The Bertz CT molecular complexity index is 162. The van der Waals surface area contributed by atoms with Gasteiger partial charge in [0.05, 0.1) is 0 Å². The SMILES string of the molecule is C=C[Si]1(C(OC)OC)CCCCO1. The predicted octanol–water partition coefficient (Wildman–Crippen LogP) is 1.63. The second kappa shape index (κ2) is 4.90. The molecule has 4 heteroatoms. The summed E-state index contributed by atoms with van der Waals surface area (Å²) in [6.45, 7) is 4.67. The van der Waals surface area contributed by atoms with E-state index in [1.165, 1.54) is 6.42 Å². The standard InChI is InChI=1S/C9H18O3Si/c1-4-13(9(10-2)11-3)8-6-5-7-12-13/h4,9H,1,5-8H2,2-3H3. The minimum Gasteiger partial charge on any atom is -0.408 e. The lowest BCUT2D eigenvalue weighted by Gasteiger charge is -2.36. The summed E-state index contributed by atoms with van der Waals surface area (Å²) in [5.74, 6) is -0.203. The summed E-state index contributed by atoms with van der Waals surface area (Å²) < 4.78 is 16.4. The van der Waals surface area contributed by atoms with Crippen LogP contribution in [0.3, 0.4) is 0 Å². The van der Waals surface area contributed by atoms with E-state index in [2.05, 4.69) is 6.58 Å². The van der Waals surface area contributed by atoms with Gasteiger partial charge in [0.1, 0.15) is 0 Å². The zero-order valence-corrected chi connectivity index (χ0v) is 9.41. The molecule has 0 N–H and O–H groups in total. The number of hydrogen-bond donors (Lipinski definition) is 0. The maximum Gasteiger partial charge on any atom is 0.276 e. The molecular weight excluding hydrogens is 184 g/mol. The molecule has 1 saturated heterocycles. The first kappa shape index (κ1) is 10.9. The smallest absolute Gasteiger partial charge is 0.276 e. The van der Waals surface area contributed by atoms with Crippen LogP contribution in [0.2, 0.25) is 6.04 Å². The Morgan fingerprint density at radius 2 is 2.08 bits per heavy atom. The van der Waals surface area contributed by atoms with E-state index in [4.69, 9.17) is 13.9 Å². The molecule has 1 unspecified atom stereocenters. The van der Waals surface area contributed by atoms with Gasteiger partial charge in [-0.3, -0.25) is 0 Å². The van der Waals surface area contributed by atoms with Crippen molar-refractivity contribution in [1.82, 2.24) is 0 Å². The minimum atomic E-state index is -1.97. The van der Waals surface area contributed by atoms with Crippen molar-refractivity contribution < 1.29 is 13.9 Å². The first-order valence-corrected chi connectivity index (χ1v) is 6.89. The van der Waals surface area contributed by atoms with Gasteiger partial charge in [-0.1, -0.05) is 12.1 Å². The van der Waals surface area contributed by atoms with Crippen molar-refractivity contribution >= 4 is 8.32 Å². The second-order valence-electron chi connectivity index (χ2n) is 3.27. The molecule has 0 amide bonds.